The molecule has 0 aromatic heterocycles. The molecular formula is C11H13F2NO2. The van der Waals surface area contributed by atoms with Gasteiger partial charge in [0.1, 0.15) is 17.7 Å². The lowest BCUT2D eigenvalue weighted by Gasteiger charge is -2.21. The van der Waals surface area contributed by atoms with Crippen molar-refractivity contribution in [3.8, 4) is 0 Å². The minimum absolute atomic E-state index is 0.183. The van der Waals surface area contributed by atoms with Crippen LogP contribution in [-0.4, -0.2) is 29.1 Å². The second-order valence-corrected chi connectivity index (χ2v) is 3.71. The van der Waals surface area contributed by atoms with E-state index in [4.69, 9.17) is 5.11 Å². The highest BCUT2D eigenvalue weighted by Crippen LogP contribution is 2.11. The molecule has 0 fully saturated rings. The van der Waals surface area contributed by atoms with Crippen LogP contribution in [0.25, 0.3) is 0 Å². The van der Waals surface area contributed by atoms with Gasteiger partial charge in [-0.15, -0.1) is 0 Å². The van der Waals surface area contributed by atoms with E-state index in [9.17, 15) is 13.6 Å². The predicted octanol–water partition coefficient (Wildman–Crippen LogP) is 1.87. The number of carboxylic acid groups (broad SMARTS) is 1. The molecule has 0 saturated heterocycles. The van der Waals surface area contributed by atoms with E-state index < -0.39 is 23.6 Å². The quantitative estimate of drug-likeness (QED) is 0.856. The monoisotopic (exact) mass is 229 g/mol. The van der Waals surface area contributed by atoms with Gasteiger partial charge in [-0.05, 0) is 31.7 Å². The lowest BCUT2D eigenvalue weighted by atomic mass is 10.2. The molecule has 1 aromatic rings. The highest BCUT2D eigenvalue weighted by atomic mass is 19.1. The Morgan fingerprint density at radius 1 is 1.38 bits per heavy atom. The molecule has 0 aliphatic rings. The molecule has 1 aromatic carbocycles. The van der Waals surface area contributed by atoms with Crippen molar-refractivity contribution in [2.45, 2.75) is 19.5 Å². The summed E-state index contributed by atoms with van der Waals surface area (Å²) >= 11 is 0. The summed E-state index contributed by atoms with van der Waals surface area (Å²) in [6, 6.07) is 2.46. The van der Waals surface area contributed by atoms with Gasteiger partial charge < -0.3 is 5.11 Å². The Kier molecular flexibility index (Phi) is 3.95. The van der Waals surface area contributed by atoms with Crippen molar-refractivity contribution in [3.05, 3.63) is 35.4 Å². The van der Waals surface area contributed by atoms with Crippen molar-refractivity contribution in [3.63, 3.8) is 0 Å². The van der Waals surface area contributed by atoms with Gasteiger partial charge in [-0.25, -0.2) is 8.78 Å². The second-order valence-electron chi connectivity index (χ2n) is 3.71. The molecule has 88 valence electrons. The minimum Gasteiger partial charge on any atom is -0.480 e. The van der Waals surface area contributed by atoms with Gasteiger partial charge in [-0.2, -0.15) is 0 Å². The maximum Gasteiger partial charge on any atom is 0.320 e. The summed E-state index contributed by atoms with van der Waals surface area (Å²) in [5.41, 5.74) is 0.410. The molecule has 0 aliphatic carbocycles. The molecule has 5 heteroatoms. The van der Waals surface area contributed by atoms with E-state index in [1.165, 1.54) is 24.0 Å². The Morgan fingerprint density at radius 2 is 1.88 bits per heavy atom. The number of likely N-dealkylation sites (N-methyl/N-ethyl adjacent to an activating group) is 1. The van der Waals surface area contributed by atoms with Gasteiger partial charge in [-0.3, -0.25) is 9.69 Å². The van der Waals surface area contributed by atoms with Crippen LogP contribution in [0.3, 0.4) is 0 Å². The third kappa shape index (κ3) is 3.27. The number of nitrogens with zero attached hydrogens (tertiary/aromatic N) is 1. The number of aliphatic carboxylic acids is 1. The van der Waals surface area contributed by atoms with Gasteiger partial charge in [-0.1, -0.05) is 0 Å². The fourth-order valence-corrected chi connectivity index (χ4v) is 1.32. The summed E-state index contributed by atoms with van der Waals surface area (Å²) in [6.07, 6.45) is 0. The molecule has 3 nitrogen and oxygen atoms in total. The van der Waals surface area contributed by atoms with Crippen molar-refractivity contribution >= 4 is 5.97 Å². The first kappa shape index (κ1) is 12.6. The van der Waals surface area contributed by atoms with Gasteiger partial charge in [0.25, 0.3) is 0 Å². The summed E-state index contributed by atoms with van der Waals surface area (Å²) in [7, 11) is 1.58. The van der Waals surface area contributed by atoms with Crippen molar-refractivity contribution < 1.29 is 18.7 Å². The number of hydrogen-bond acceptors (Lipinski definition) is 2. The number of carbonyl (C=O) groups is 1. The normalized spacial score (nSPS) is 12.8. The average Bonchev–Trinajstić information content (AvgIpc) is 2.14. The molecule has 0 saturated carbocycles. The SMILES string of the molecule is CC(C(=O)O)N(C)Cc1cc(F)cc(F)c1. The zero-order valence-electron chi connectivity index (χ0n) is 9.08. The number of hydrogen-bond donors (Lipinski definition) is 1. The number of halogens is 2. The molecule has 16 heavy (non-hydrogen) atoms. The summed E-state index contributed by atoms with van der Waals surface area (Å²) in [5, 5.41) is 8.75. The van der Waals surface area contributed by atoms with Gasteiger partial charge in [0, 0.05) is 12.6 Å². The lowest BCUT2D eigenvalue weighted by molar-refractivity contribution is -0.142. The van der Waals surface area contributed by atoms with Crippen LogP contribution in [0, 0.1) is 11.6 Å². The molecule has 0 radical (unpaired) electrons. The van der Waals surface area contributed by atoms with Crippen molar-refractivity contribution in [1.82, 2.24) is 4.90 Å². The first-order chi connectivity index (χ1) is 7.40. The van der Waals surface area contributed by atoms with E-state index in [1.54, 1.807) is 7.05 Å². The molecule has 1 N–H and O–H groups in total. The molecule has 1 unspecified atom stereocenters. The van der Waals surface area contributed by atoms with E-state index in [1.807, 2.05) is 0 Å². The largest absolute Gasteiger partial charge is 0.480 e. The highest BCUT2D eigenvalue weighted by molar-refractivity contribution is 5.72. The predicted molar refractivity (Wildman–Crippen MR) is 54.9 cm³/mol. The molecule has 0 heterocycles. The van der Waals surface area contributed by atoms with Crippen LogP contribution in [0.5, 0.6) is 0 Å². The zero-order chi connectivity index (χ0) is 12.3. The maximum atomic E-state index is 12.9. The number of benzene rings is 1. The Bertz CT molecular complexity index is 375. The molecule has 0 amide bonds. The van der Waals surface area contributed by atoms with E-state index in [-0.39, 0.29) is 6.54 Å². The third-order valence-electron chi connectivity index (χ3n) is 2.37. The van der Waals surface area contributed by atoms with E-state index >= 15 is 0 Å². The Labute approximate surface area is 92.3 Å². The Balaban J connectivity index is 2.76. The summed E-state index contributed by atoms with van der Waals surface area (Å²) < 4.78 is 25.7. The van der Waals surface area contributed by atoms with Gasteiger partial charge in [0.05, 0.1) is 0 Å². The summed E-state index contributed by atoms with van der Waals surface area (Å²) in [4.78, 5) is 12.2. The van der Waals surface area contributed by atoms with Crippen molar-refractivity contribution in [2.24, 2.45) is 0 Å². The Hall–Kier alpha value is -1.49. The average molecular weight is 229 g/mol. The Morgan fingerprint density at radius 3 is 2.31 bits per heavy atom. The molecule has 0 spiro atoms. The van der Waals surface area contributed by atoms with Crippen molar-refractivity contribution in [1.29, 1.82) is 0 Å². The van der Waals surface area contributed by atoms with Gasteiger partial charge in [0.15, 0.2) is 0 Å². The van der Waals surface area contributed by atoms with Gasteiger partial charge >= 0.3 is 5.97 Å². The first-order valence-corrected chi connectivity index (χ1v) is 4.78. The lowest BCUT2D eigenvalue weighted by Crippen LogP contribution is -2.35. The van der Waals surface area contributed by atoms with Crippen LogP contribution in [0.15, 0.2) is 18.2 Å². The van der Waals surface area contributed by atoms with Crippen LogP contribution in [0.2, 0.25) is 0 Å². The zero-order valence-corrected chi connectivity index (χ0v) is 9.08. The van der Waals surface area contributed by atoms with E-state index in [2.05, 4.69) is 0 Å². The van der Waals surface area contributed by atoms with Crippen molar-refractivity contribution in [2.75, 3.05) is 7.05 Å². The molecule has 0 aliphatic heterocycles. The highest BCUT2D eigenvalue weighted by Gasteiger charge is 2.17. The first-order valence-electron chi connectivity index (χ1n) is 4.78. The number of carboxylic acids is 1. The van der Waals surface area contributed by atoms with E-state index in [0.717, 1.165) is 6.07 Å². The van der Waals surface area contributed by atoms with Crippen LogP contribution in [0.4, 0.5) is 8.78 Å². The molecule has 1 atom stereocenters. The van der Waals surface area contributed by atoms with Crippen LogP contribution < -0.4 is 0 Å². The van der Waals surface area contributed by atoms with Crippen LogP contribution >= 0.6 is 0 Å². The topological polar surface area (TPSA) is 40.5 Å². The maximum absolute atomic E-state index is 12.9. The summed E-state index contributed by atoms with van der Waals surface area (Å²) in [6.45, 7) is 1.69. The molecular weight excluding hydrogens is 216 g/mol. The molecule has 1 rings (SSSR count). The second kappa shape index (κ2) is 5.03. The smallest absolute Gasteiger partial charge is 0.320 e. The fourth-order valence-electron chi connectivity index (χ4n) is 1.32. The van der Waals surface area contributed by atoms with Crippen LogP contribution in [0.1, 0.15) is 12.5 Å². The summed E-state index contributed by atoms with van der Waals surface area (Å²) in [5.74, 6) is -2.29. The fraction of sp³-hybridized carbons (Fsp3) is 0.364. The minimum atomic E-state index is -0.973. The van der Waals surface area contributed by atoms with Gasteiger partial charge in [0.2, 0.25) is 0 Å². The third-order valence-corrected chi connectivity index (χ3v) is 2.37. The number of rotatable bonds is 4. The van der Waals surface area contributed by atoms with Crippen LogP contribution in [-0.2, 0) is 11.3 Å². The standard InChI is InChI=1S/C11H13F2NO2/c1-7(11(15)16)14(2)6-8-3-9(12)5-10(13)4-8/h3-5,7H,6H2,1-2H3,(H,15,16). The molecule has 0 bridgehead atoms. The van der Waals surface area contributed by atoms with E-state index in [0.29, 0.717) is 5.56 Å².